The molecule has 3 heterocycles. The lowest BCUT2D eigenvalue weighted by Crippen LogP contribution is -2.56. The Morgan fingerprint density at radius 3 is 1.84 bits per heavy atom. The molecule has 0 aliphatic carbocycles. The molecule has 2 N–H and O–H groups in total. The largest absolute Gasteiger partial charge is 0.490 e. The molecule has 0 amide bonds. The van der Waals surface area contributed by atoms with E-state index in [-0.39, 0.29) is 5.60 Å². The number of morpholine rings is 1. The molecule has 38 heavy (non-hydrogen) atoms. The first kappa shape index (κ1) is 30.8. The summed E-state index contributed by atoms with van der Waals surface area (Å²) in [5.41, 5.74) is 1.38. The third kappa shape index (κ3) is 10.1. The highest BCUT2D eigenvalue weighted by Crippen LogP contribution is 2.31. The van der Waals surface area contributed by atoms with Crippen LogP contribution in [-0.4, -0.2) is 87.8 Å². The second-order valence-corrected chi connectivity index (χ2v) is 8.37. The van der Waals surface area contributed by atoms with Crippen molar-refractivity contribution in [2.24, 2.45) is 0 Å². The third-order valence-corrected chi connectivity index (χ3v) is 5.57. The van der Waals surface area contributed by atoms with Crippen molar-refractivity contribution in [3.63, 3.8) is 0 Å². The van der Waals surface area contributed by atoms with Crippen LogP contribution in [0.15, 0.2) is 48.8 Å². The van der Waals surface area contributed by atoms with E-state index < -0.39 is 24.3 Å². The summed E-state index contributed by atoms with van der Waals surface area (Å²) < 4.78 is 69.7. The molecule has 0 bridgehead atoms. The van der Waals surface area contributed by atoms with Gasteiger partial charge in [0.15, 0.2) is 0 Å². The van der Waals surface area contributed by atoms with Crippen LogP contribution in [0.3, 0.4) is 0 Å². The Morgan fingerprint density at radius 2 is 1.37 bits per heavy atom. The van der Waals surface area contributed by atoms with Gasteiger partial charge in [-0.05, 0) is 24.5 Å². The Labute approximate surface area is 213 Å². The first-order valence-corrected chi connectivity index (χ1v) is 11.2. The van der Waals surface area contributed by atoms with E-state index in [2.05, 4.69) is 50.1 Å². The monoisotopic (exact) mass is 552 g/mol. The Balaban J connectivity index is 0.000000301. The van der Waals surface area contributed by atoms with E-state index in [1.54, 1.807) is 0 Å². The number of hydrogen-bond acceptors (Lipinski definition) is 7. The van der Waals surface area contributed by atoms with Crippen LogP contribution in [0.2, 0.25) is 0 Å². The molecule has 0 unspecified atom stereocenters. The van der Waals surface area contributed by atoms with Gasteiger partial charge in [-0.2, -0.15) is 26.3 Å². The average molecular weight is 552 g/mol. The Kier molecular flexibility index (Phi) is 10.8. The number of anilines is 1. The number of ether oxygens (including phenoxy) is 1. The van der Waals surface area contributed by atoms with Gasteiger partial charge in [0.25, 0.3) is 0 Å². The number of halogens is 6. The van der Waals surface area contributed by atoms with Gasteiger partial charge >= 0.3 is 24.3 Å². The van der Waals surface area contributed by atoms with Gasteiger partial charge in [0.05, 0.1) is 12.2 Å². The number of alkyl halides is 6. The molecule has 2 aromatic rings. The van der Waals surface area contributed by atoms with Crippen molar-refractivity contribution in [2.45, 2.75) is 37.3 Å². The Bertz CT molecular complexity index is 992. The number of carbonyl (C=O) groups is 2. The first-order chi connectivity index (χ1) is 17.7. The van der Waals surface area contributed by atoms with Crippen LogP contribution in [0.4, 0.5) is 32.3 Å². The van der Waals surface area contributed by atoms with E-state index in [0.717, 1.165) is 58.1 Å². The van der Waals surface area contributed by atoms with E-state index in [1.165, 1.54) is 5.56 Å². The normalized spacial score (nSPS) is 17.5. The minimum absolute atomic E-state index is 0.00168. The van der Waals surface area contributed by atoms with Gasteiger partial charge < -0.3 is 19.8 Å². The van der Waals surface area contributed by atoms with E-state index in [1.807, 2.05) is 18.5 Å². The van der Waals surface area contributed by atoms with Gasteiger partial charge in [0.2, 0.25) is 5.95 Å². The van der Waals surface area contributed by atoms with E-state index in [9.17, 15) is 26.3 Å². The predicted molar refractivity (Wildman–Crippen MR) is 121 cm³/mol. The molecular formula is C23H26F6N4O5. The maximum Gasteiger partial charge on any atom is 0.490 e. The third-order valence-electron chi connectivity index (χ3n) is 5.57. The first-order valence-electron chi connectivity index (χ1n) is 11.2. The van der Waals surface area contributed by atoms with Crippen molar-refractivity contribution in [2.75, 3.05) is 37.7 Å². The van der Waals surface area contributed by atoms with Crippen LogP contribution < -0.4 is 4.90 Å². The summed E-state index contributed by atoms with van der Waals surface area (Å²) in [6.07, 6.45) is -4.47. The van der Waals surface area contributed by atoms with Crippen molar-refractivity contribution in [1.29, 1.82) is 0 Å². The van der Waals surface area contributed by atoms with Crippen LogP contribution in [0.1, 0.15) is 18.4 Å². The topological polar surface area (TPSA) is 116 Å². The number of aromatic nitrogens is 2. The van der Waals surface area contributed by atoms with Gasteiger partial charge in [-0.3, -0.25) is 4.90 Å². The van der Waals surface area contributed by atoms with Crippen LogP contribution in [-0.2, 0) is 20.9 Å². The van der Waals surface area contributed by atoms with Crippen LogP contribution in [0.5, 0.6) is 0 Å². The minimum Gasteiger partial charge on any atom is -0.475 e. The number of nitrogens with zero attached hydrogens (tertiary/aromatic N) is 4. The predicted octanol–water partition coefficient (Wildman–Crippen LogP) is 3.61. The fourth-order valence-corrected chi connectivity index (χ4v) is 3.77. The van der Waals surface area contributed by atoms with Gasteiger partial charge in [-0.25, -0.2) is 19.6 Å². The fourth-order valence-electron chi connectivity index (χ4n) is 3.77. The van der Waals surface area contributed by atoms with Crippen molar-refractivity contribution in [3.8, 4) is 0 Å². The van der Waals surface area contributed by atoms with E-state index in [0.29, 0.717) is 0 Å². The van der Waals surface area contributed by atoms with Crippen molar-refractivity contribution in [1.82, 2.24) is 14.9 Å². The SMILES string of the molecule is O=C(O)C(F)(F)F.O=C(O)C(F)(F)F.c1ccc(CN2CCOC3(CCN(c4ncccn4)CC3)C2)cc1. The molecule has 9 nitrogen and oxygen atoms in total. The fraction of sp³-hybridized carbons (Fsp3) is 0.478. The minimum atomic E-state index is -5.08. The summed E-state index contributed by atoms with van der Waals surface area (Å²) in [7, 11) is 0. The highest BCUT2D eigenvalue weighted by molar-refractivity contribution is 5.73. The number of carboxylic acid groups (broad SMARTS) is 2. The number of rotatable bonds is 3. The summed E-state index contributed by atoms with van der Waals surface area (Å²) >= 11 is 0. The molecule has 1 spiro atoms. The number of benzene rings is 1. The highest BCUT2D eigenvalue weighted by atomic mass is 19.4. The summed E-state index contributed by atoms with van der Waals surface area (Å²) in [6.45, 7) is 5.80. The van der Waals surface area contributed by atoms with Crippen LogP contribution in [0, 0.1) is 0 Å². The van der Waals surface area contributed by atoms with Crippen molar-refractivity contribution >= 4 is 17.9 Å². The quantitative estimate of drug-likeness (QED) is 0.551. The lowest BCUT2D eigenvalue weighted by atomic mass is 9.89. The maximum absolute atomic E-state index is 10.6. The molecule has 1 aromatic heterocycles. The molecule has 15 heteroatoms. The van der Waals surface area contributed by atoms with Crippen molar-refractivity contribution < 1.29 is 50.9 Å². The van der Waals surface area contributed by atoms with E-state index in [4.69, 9.17) is 24.5 Å². The smallest absolute Gasteiger partial charge is 0.475 e. The van der Waals surface area contributed by atoms with Crippen molar-refractivity contribution in [3.05, 3.63) is 54.4 Å². The number of carboxylic acids is 2. The summed E-state index contributed by atoms with van der Waals surface area (Å²) in [5, 5.41) is 14.2. The zero-order valence-corrected chi connectivity index (χ0v) is 20.0. The molecule has 0 atom stereocenters. The summed E-state index contributed by atoms with van der Waals surface area (Å²) in [6, 6.07) is 12.6. The van der Waals surface area contributed by atoms with Gasteiger partial charge in [0.1, 0.15) is 0 Å². The number of hydrogen-bond donors (Lipinski definition) is 2. The number of piperidine rings is 1. The molecule has 0 saturated carbocycles. The van der Waals surface area contributed by atoms with Gasteiger partial charge in [-0.15, -0.1) is 0 Å². The molecule has 2 saturated heterocycles. The molecule has 0 radical (unpaired) electrons. The number of aliphatic carboxylic acids is 2. The molecule has 210 valence electrons. The molecule has 4 rings (SSSR count). The molecular weight excluding hydrogens is 526 g/mol. The highest BCUT2D eigenvalue weighted by Gasteiger charge is 2.40. The Morgan fingerprint density at radius 1 is 0.868 bits per heavy atom. The Hall–Kier alpha value is -3.46. The average Bonchev–Trinajstić information content (AvgIpc) is 2.85. The van der Waals surface area contributed by atoms with E-state index >= 15 is 0 Å². The van der Waals surface area contributed by atoms with Crippen LogP contribution >= 0.6 is 0 Å². The maximum atomic E-state index is 10.6. The zero-order valence-electron chi connectivity index (χ0n) is 20.0. The molecule has 1 aromatic carbocycles. The molecule has 2 fully saturated rings. The zero-order chi connectivity index (χ0) is 28.4. The summed E-state index contributed by atoms with van der Waals surface area (Å²) in [4.78, 5) is 31.3. The second-order valence-electron chi connectivity index (χ2n) is 8.37. The summed E-state index contributed by atoms with van der Waals surface area (Å²) in [5.74, 6) is -4.68. The molecule has 2 aliphatic heterocycles. The molecule has 2 aliphatic rings. The standard InChI is InChI=1S/C19H24N4O.2C2HF3O2/c1-2-5-17(6-3-1)15-22-13-14-24-19(16-22)7-11-23(12-8-19)18-20-9-4-10-21-18;2*3-2(4,5)1(6)7/h1-6,9-10H,7-8,11-16H2;2*(H,6,7). The lowest BCUT2D eigenvalue weighted by Gasteiger charge is -2.47. The lowest BCUT2D eigenvalue weighted by molar-refractivity contribution is -0.193. The van der Waals surface area contributed by atoms with Gasteiger partial charge in [0, 0.05) is 45.1 Å². The second kappa shape index (κ2) is 13.4. The van der Waals surface area contributed by atoms with Gasteiger partial charge in [-0.1, -0.05) is 30.3 Å². The van der Waals surface area contributed by atoms with Crippen LogP contribution in [0.25, 0.3) is 0 Å².